The molecule has 3 nitrogen and oxygen atoms in total. The Hall–Kier alpha value is -1.37. The van der Waals surface area contributed by atoms with Crippen molar-refractivity contribution in [3.8, 4) is 6.07 Å². The summed E-state index contributed by atoms with van der Waals surface area (Å²) in [5.41, 5.74) is 10.0. The smallest absolute Gasteiger partial charge is 0.0991 e. The fourth-order valence-corrected chi connectivity index (χ4v) is 3.49. The van der Waals surface area contributed by atoms with Gasteiger partial charge in [-0.05, 0) is 68.1 Å². The molecule has 0 amide bonds. The predicted molar refractivity (Wildman–Crippen MR) is 71.0 cm³/mol. The van der Waals surface area contributed by atoms with Crippen LogP contribution in [0, 0.1) is 16.7 Å². The Morgan fingerprint density at radius 1 is 1.39 bits per heavy atom. The van der Waals surface area contributed by atoms with Crippen LogP contribution in [0.15, 0.2) is 18.2 Å². The van der Waals surface area contributed by atoms with Crippen molar-refractivity contribution in [2.24, 2.45) is 11.1 Å². The van der Waals surface area contributed by atoms with Gasteiger partial charge in [0.25, 0.3) is 0 Å². The molecule has 18 heavy (non-hydrogen) atoms. The van der Waals surface area contributed by atoms with Gasteiger partial charge in [-0.1, -0.05) is 6.07 Å². The molecule has 2 aliphatic rings. The summed E-state index contributed by atoms with van der Waals surface area (Å²) in [4.78, 5) is 2.38. The number of likely N-dealkylation sites (tertiary alicyclic amines) is 1. The van der Waals surface area contributed by atoms with E-state index in [1.807, 2.05) is 12.1 Å². The van der Waals surface area contributed by atoms with Crippen molar-refractivity contribution in [2.75, 3.05) is 20.1 Å². The van der Waals surface area contributed by atoms with Crippen molar-refractivity contribution in [1.29, 1.82) is 5.26 Å². The fourth-order valence-electron chi connectivity index (χ4n) is 3.49. The van der Waals surface area contributed by atoms with Crippen molar-refractivity contribution < 1.29 is 0 Å². The fraction of sp³-hybridized carbons (Fsp3) is 0.533. The Kier molecular flexibility index (Phi) is 2.65. The van der Waals surface area contributed by atoms with E-state index < -0.39 is 0 Å². The van der Waals surface area contributed by atoms with Gasteiger partial charge in [0.1, 0.15) is 0 Å². The van der Waals surface area contributed by atoms with Crippen molar-refractivity contribution >= 4 is 0 Å². The van der Waals surface area contributed by atoms with Gasteiger partial charge in [-0.3, -0.25) is 0 Å². The van der Waals surface area contributed by atoms with E-state index in [9.17, 15) is 0 Å². The van der Waals surface area contributed by atoms with Gasteiger partial charge in [0.15, 0.2) is 0 Å². The van der Waals surface area contributed by atoms with Gasteiger partial charge in [0.2, 0.25) is 0 Å². The van der Waals surface area contributed by atoms with Crippen LogP contribution in [0.3, 0.4) is 0 Å². The van der Waals surface area contributed by atoms with Crippen molar-refractivity contribution in [2.45, 2.75) is 25.3 Å². The van der Waals surface area contributed by atoms with Gasteiger partial charge < -0.3 is 10.6 Å². The molecule has 1 saturated heterocycles. The number of hydrogen-bond acceptors (Lipinski definition) is 3. The first kappa shape index (κ1) is 11.7. The second kappa shape index (κ2) is 4.08. The molecule has 0 aromatic heterocycles. The molecule has 3 heteroatoms. The maximum Gasteiger partial charge on any atom is 0.0991 e. The third-order valence-corrected chi connectivity index (χ3v) is 4.80. The third kappa shape index (κ3) is 1.65. The average Bonchev–Trinajstić information content (AvgIpc) is 2.66. The molecule has 1 fully saturated rings. The maximum absolute atomic E-state index is 8.99. The highest BCUT2D eigenvalue weighted by Crippen LogP contribution is 2.50. The van der Waals surface area contributed by atoms with Gasteiger partial charge >= 0.3 is 0 Å². The number of nitrogens with two attached hydrogens (primary N) is 1. The number of piperidine rings is 1. The minimum atomic E-state index is 0.106. The number of fused-ring (bicyclic) bond motifs is 1. The lowest BCUT2D eigenvalue weighted by Crippen LogP contribution is -2.42. The molecule has 0 saturated carbocycles. The van der Waals surface area contributed by atoms with Crippen LogP contribution in [0.5, 0.6) is 0 Å². The molecular formula is C15H19N3. The first-order valence-corrected chi connectivity index (χ1v) is 6.62. The van der Waals surface area contributed by atoms with E-state index in [0.29, 0.717) is 0 Å². The predicted octanol–water partition coefficient (Wildman–Crippen LogP) is 1.83. The molecule has 1 aliphatic carbocycles. The van der Waals surface area contributed by atoms with Crippen LogP contribution in [0.1, 0.15) is 35.6 Å². The Bertz CT molecular complexity index is 507. The summed E-state index contributed by atoms with van der Waals surface area (Å²) in [7, 11) is 2.17. The summed E-state index contributed by atoms with van der Waals surface area (Å²) in [6.07, 6.45) is 3.42. The van der Waals surface area contributed by atoms with E-state index in [-0.39, 0.29) is 11.5 Å². The zero-order chi connectivity index (χ0) is 12.8. The van der Waals surface area contributed by atoms with Crippen molar-refractivity contribution in [3.63, 3.8) is 0 Å². The van der Waals surface area contributed by atoms with Gasteiger partial charge in [-0.2, -0.15) is 5.26 Å². The molecular weight excluding hydrogens is 222 g/mol. The van der Waals surface area contributed by atoms with E-state index >= 15 is 0 Å². The molecule has 0 bridgehead atoms. The van der Waals surface area contributed by atoms with Gasteiger partial charge in [-0.25, -0.2) is 0 Å². The molecule has 0 radical (unpaired) electrons. The van der Waals surface area contributed by atoms with Crippen LogP contribution in [0.25, 0.3) is 0 Å². The molecule has 94 valence electrons. The normalized spacial score (nSPS) is 25.9. The second-order valence-electron chi connectivity index (χ2n) is 5.85. The minimum Gasteiger partial charge on any atom is -0.323 e. The molecule has 1 aliphatic heterocycles. The molecule has 1 aromatic carbocycles. The number of benzene rings is 1. The van der Waals surface area contributed by atoms with Gasteiger partial charge in [-0.15, -0.1) is 0 Å². The summed E-state index contributed by atoms with van der Waals surface area (Å²) >= 11 is 0. The topological polar surface area (TPSA) is 53.0 Å². The van der Waals surface area contributed by atoms with Crippen LogP contribution < -0.4 is 5.73 Å². The Labute approximate surface area is 108 Å². The van der Waals surface area contributed by atoms with E-state index in [1.54, 1.807) is 0 Å². The van der Waals surface area contributed by atoms with Crippen LogP contribution in [0.4, 0.5) is 0 Å². The lowest BCUT2D eigenvalue weighted by atomic mass is 9.73. The van der Waals surface area contributed by atoms with Crippen LogP contribution in [0.2, 0.25) is 0 Å². The summed E-state index contributed by atoms with van der Waals surface area (Å²) < 4.78 is 0. The van der Waals surface area contributed by atoms with Crippen molar-refractivity contribution in [3.05, 3.63) is 34.9 Å². The zero-order valence-electron chi connectivity index (χ0n) is 10.8. The molecule has 1 atom stereocenters. The van der Waals surface area contributed by atoms with E-state index in [2.05, 4.69) is 24.1 Å². The van der Waals surface area contributed by atoms with E-state index in [0.717, 1.165) is 25.1 Å². The highest BCUT2D eigenvalue weighted by Gasteiger charge is 2.45. The average molecular weight is 241 g/mol. The molecule has 2 N–H and O–H groups in total. The number of hydrogen-bond donors (Lipinski definition) is 1. The molecule has 1 spiro atoms. The Morgan fingerprint density at radius 2 is 2.11 bits per heavy atom. The summed E-state index contributed by atoms with van der Waals surface area (Å²) in [6, 6.07) is 8.33. The van der Waals surface area contributed by atoms with Crippen LogP contribution >= 0.6 is 0 Å². The number of nitrogens with zero attached hydrogens (tertiary/aromatic N) is 2. The maximum atomic E-state index is 8.99. The van der Waals surface area contributed by atoms with Gasteiger partial charge in [0.05, 0.1) is 11.6 Å². The quantitative estimate of drug-likeness (QED) is 0.754. The monoisotopic (exact) mass is 241 g/mol. The largest absolute Gasteiger partial charge is 0.323 e. The number of nitriles is 1. The standard InChI is InChI=1S/C15H19N3/c1-18-6-4-15(5-7-18)9-12-3-2-11(10-16)8-13(12)14(15)17/h2-3,8,14H,4-7,9,17H2,1H3/t14-/m0/s1. The Morgan fingerprint density at radius 3 is 2.78 bits per heavy atom. The van der Waals surface area contributed by atoms with Crippen LogP contribution in [-0.2, 0) is 6.42 Å². The van der Waals surface area contributed by atoms with Crippen LogP contribution in [-0.4, -0.2) is 25.0 Å². The van der Waals surface area contributed by atoms with Gasteiger partial charge in [0, 0.05) is 6.04 Å². The van der Waals surface area contributed by atoms with E-state index in [1.165, 1.54) is 24.0 Å². The van der Waals surface area contributed by atoms with E-state index in [4.69, 9.17) is 11.0 Å². The summed E-state index contributed by atoms with van der Waals surface area (Å²) in [5, 5.41) is 8.99. The molecule has 0 unspecified atom stereocenters. The lowest BCUT2D eigenvalue weighted by molar-refractivity contribution is 0.106. The highest BCUT2D eigenvalue weighted by molar-refractivity contribution is 5.44. The lowest BCUT2D eigenvalue weighted by Gasteiger charge is -2.41. The first-order chi connectivity index (χ1) is 8.64. The zero-order valence-corrected chi connectivity index (χ0v) is 10.8. The number of rotatable bonds is 0. The minimum absolute atomic E-state index is 0.106. The molecule has 1 aromatic rings. The SMILES string of the molecule is CN1CCC2(CC1)Cc1ccc(C#N)cc1[C@@H]2N. The Balaban J connectivity index is 1.94. The highest BCUT2D eigenvalue weighted by atomic mass is 15.1. The third-order valence-electron chi connectivity index (χ3n) is 4.80. The van der Waals surface area contributed by atoms with Crippen molar-refractivity contribution in [1.82, 2.24) is 4.90 Å². The molecule has 3 rings (SSSR count). The first-order valence-electron chi connectivity index (χ1n) is 6.62. The summed E-state index contributed by atoms with van der Waals surface area (Å²) in [6.45, 7) is 2.26. The molecule has 1 heterocycles. The summed E-state index contributed by atoms with van der Waals surface area (Å²) in [5.74, 6) is 0. The second-order valence-corrected chi connectivity index (χ2v) is 5.85.